The predicted octanol–water partition coefficient (Wildman–Crippen LogP) is 5.12. The number of fused-ring (bicyclic) bond motifs is 1. The maximum absolute atomic E-state index is 12.9. The highest BCUT2D eigenvalue weighted by Gasteiger charge is 2.32. The number of Topliss-reactive ketones (excluding diaryl/α,β-unsaturated/α-hetero) is 1. The van der Waals surface area contributed by atoms with Gasteiger partial charge in [0.25, 0.3) is 0 Å². The number of hydrogen-bond acceptors (Lipinski definition) is 4. The van der Waals surface area contributed by atoms with Gasteiger partial charge in [-0.15, -0.1) is 0 Å². The lowest BCUT2D eigenvalue weighted by molar-refractivity contribution is 0.0260. The van der Waals surface area contributed by atoms with E-state index in [0.717, 1.165) is 48.3 Å². The molecule has 4 rings (SSSR count). The van der Waals surface area contributed by atoms with Gasteiger partial charge in [-0.3, -0.25) is 4.79 Å². The van der Waals surface area contributed by atoms with Crippen molar-refractivity contribution in [1.82, 2.24) is 4.98 Å². The Labute approximate surface area is 171 Å². The Hall–Kier alpha value is -2.56. The molecule has 2 aliphatic carbocycles. The molecule has 5 heteroatoms. The first-order valence-electron chi connectivity index (χ1n) is 10.7. The van der Waals surface area contributed by atoms with Gasteiger partial charge >= 0.3 is 5.97 Å². The first-order chi connectivity index (χ1) is 14.1. The maximum atomic E-state index is 12.9. The average Bonchev–Trinajstić information content (AvgIpc) is 2.89. The molecule has 1 aromatic heterocycles. The van der Waals surface area contributed by atoms with Crippen LogP contribution in [0.4, 0.5) is 0 Å². The molecule has 0 saturated heterocycles. The van der Waals surface area contributed by atoms with E-state index >= 15 is 0 Å². The molecule has 0 radical (unpaired) electrons. The topological polar surface area (TPSA) is 68.4 Å². The number of esters is 1. The monoisotopic (exact) mass is 395 g/mol. The Bertz CT molecular complexity index is 888. The molecule has 29 heavy (non-hydrogen) atoms. The van der Waals surface area contributed by atoms with Crippen LogP contribution in [0, 0.1) is 6.92 Å². The zero-order chi connectivity index (χ0) is 20.4. The lowest BCUT2D eigenvalue weighted by Crippen LogP contribution is -2.18. The number of aromatic amines is 1. The number of nitrogens with one attached hydrogen (secondary N) is 1. The third-order valence-corrected chi connectivity index (χ3v) is 6.36. The number of rotatable bonds is 4. The summed E-state index contributed by atoms with van der Waals surface area (Å²) in [6.45, 7) is 1.85. The van der Waals surface area contributed by atoms with E-state index in [1.165, 1.54) is 12.8 Å². The second-order valence-electron chi connectivity index (χ2n) is 8.30. The van der Waals surface area contributed by atoms with Crippen molar-refractivity contribution >= 4 is 11.8 Å². The summed E-state index contributed by atoms with van der Waals surface area (Å²) in [6.07, 6.45) is 7.68. The Morgan fingerprint density at radius 1 is 1.03 bits per heavy atom. The molecule has 1 saturated carbocycles. The summed E-state index contributed by atoms with van der Waals surface area (Å²) in [5.41, 5.74) is 3.83. The van der Waals surface area contributed by atoms with Crippen molar-refractivity contribution in [2.75, 3.05) is 7.11 Å². The van der Waals surface area contributed by atoms with Gasteiger partial charge in [0.2, 0.25) is 0 Å². The average molecular weight is 395 g/mol. The quantitative estimate of drug-likeness (QED) is 0.576. The zero-order valence-corrected chi connectivity index (χ0v) is 17.3. The number of aromatic nitrogens is 1. The van der Waals surface area contributed by atoms with Gasteiger partial charge < -0.3 is 14.5 Å². The van der Waals surface area contributed by atoms with Crippen molar-refractivity contribution in [2.45, 2.75) is 70.3 Å². The van der Waals surface area contributed by atoms with Crippen molar-refractivity contribution in [3.05, 3.63) is 52.3 Å². The summed E-state index contributed by atoms with van der Waals surface area (Å²) >= 11 is 0. The molecule has 1 heterocycles. The molecule has 1 fully saturated rings. The highest BCUT2D eigenvalue weighted by Crippen LogP contribution is 2.36. The van der Waals surface area contributed by atoms with E-state index in [-0.39, 0.29) is 23.8 Å². The van der Waals surface area contributed by atoms with Crippen molar-refractivity contribution in [2.24, 2.45) is 0 Å². The van der Waals surface area contributed by atoms with Crippen LogP contribution < -0.4 is 4.74 Å². The van der Waals surface area contributed by atoms with Crippen molar-refractivity contribution < 1.29 is 19.1 Å². The Kier molecular flexibility index (Phi) is 5.74. The fourth-order valence-electron chi connectivity index (χ4n) is 4.72. The molecular weight excluding hydrogens is 366 g/mol. The molecule has 1 atom stereocenters. The molecule has 154 valence electrons. The number of ether oxygens (including phenoxy) is 2. The van der Waals surface area contributed by atoms with Crippen LogP contribution >= 0.6 is 0 Å². The minimum atomic E-state index is -0.322. The molecule has 0 spiro atoms. The lowest BCUT2D eigenvalue weighted by atomic mass is 9.81. The molecule has 0 amide bonds. The first-order valence-corrected chi connectivity index (χ1v) is 10.7. The van der Waals surface area contributed by atoms with E-state index in [4.69, 9.17) is 9.47 Å². The van der Waals surface area contributed by atoms with Gasteiger partial charge in [-0.2, -0.15) is 0 Å². The molecule has 0 aliphatic heterocycles. The van der Waals surface area contributed by atoms with E-state index in [1.54, 1.807) is 7.11 Å². The summed E-state index contributed by atoms with van der Waals surface area (Å²) in [6, 6.07) is 7.87. The molecular formula is C24H29NO4. The molecule has 2 aliphatic rings. The summed E-state index contributed by atoms with van der Waals surface area (Å²) < 4.78 is 11.0. The second-order valence-corrected chi connectivity index (χ2v) is 8.30. The fraction of sp³-hybridized carbons (Fsp3) is 0.500. The molecule has 0 bridgehead atoms. The van der Waals surface area contributed by atoms with Crippen LogP contribution in [0.5, 0.6) is 5.75 Å². The van der Waals surface area contributed by atoms with E-state index < -0.39 is 0 Å². The van der Waals surface area contributed by atoms with Crippen LogP contribution in [0.25, 0.3) is 0 Å². The summed E-state index contributed by atoms with van der Waals surface area (Å²) in [5.74, 6) is 0.674. The van der Waals surface area contributed by atoms with Gasteiger partial charge in [-0.25, -0.2) is 4.79 Å². The van der Waals surface area contributed by atoms with Crippen molar-refractivity contribution in [3.8, 4) is 5.75 Å². The standard InChI is InChI=1S/C24H29NO4/c1-15-22-20(25-23(15)24(27)29-19-7-5-3-4-6-8-19)13-17(14-21(22)26)16-9-11-18(28-2)12-10-16/h9-12,17,19,25H,3-8,13-14H2,1-2H3/t17-/m0/s1. The zero-order valence-electron chi connectivity index (χ0n) is 17.3. The number of carbonyl (C=O) groups excluding carboxylic acids is 2. The summed E-state index contributed by atoms with van der Waals surface area (Å²) in [4.78, 5) is 28.9. The first kappa shape index (κ1) is 19.7. The van der Waals surface area contributed by atoms with Crippen LogP contribution in [0.1, 0.15) is 88.5 Å². The third kappa shape index (κ3) is 4.09. The molecule has 0 unspecified atom stereocenters. The normalized spacial score (nSPS) is 20.1. The Morgan fingerprint density at radius 3 is 2.38 bits per heavy atom. The number of ketones is 1. The van der Waals surface area contributed by atoms with Gasteiger partial charge in [-0.1, -0.05) is 25.0 Å². The van der Waals surface area contributed by atoms with Gasteiger partial charge in [0.1, 0.15) is 17.5 Å². The van der Waals surface area contributed by atoms with Crippen LogP contribution in [0.2, 0.25) is 0 Å². The van der Waals surface area contributed by atoms with Gasteiger partial charge in [0.15, 0.2) is 5.78 Å². The van der Waals surface area contributed by atoms with Gasteiger partial charge in [0, 0.05) is 17.7 Å². The molecule has 1 aromatic carbocycles. The van der Waals surface area contributed by atoms with Crippen LogP contribution in [-0.2, 0) is 11.2 Å². The van der Waals surface area contributed by atoms with E-state index in [2.05, 4.69) is 4.98 Å². The minimum Gasteiger partial charge on any atom is -0.497 e. The Morgan fingerprint density at radius 2 is 1.72 bits per heavy atom. The third-order valence-electron chi connectivity index (χ3n) is 6.36. The van der Waals surface area contributed by atoms with E-state index in [9.17, 15) is 9.59 Å². The highest BCUT2D eigenvalue weighted by molar-refractivity contribution is 6.03. The highest BCUT2D eigenvalue weighted by atomic mass is 16.5. The number of benzene rings is 1. The van der Waals surface area contributed by atoms with Crippen molar-refractivity contribution in [3.63, 3.8) is 0 Å². The number of carbonyl (C=O) groups is 2. The SMILES string of the molecule is COc1ccc([C@@H]2CC(=O)c3c([nH]c(C(=O)OC4CCCCCC4)c3C)C2)cc1. The summed E-state index contributed by atoms with van der Waals surface area (Å²) in [5, 5.41) is 0. The Balaban J connectivity index is 1.53. The smallest absolute Gasteiger partial charge is 0.355 e. The lowest BCUT2D eigenvalue weighted by Gasteiger charge is -2.22. The number of H-pyrrole nitrogens is 1. The molecule has 1 N–H and O–H groups in total. The summed E-state index contributed by atoms with van der Waals surface area (Å²) in [7, 11) is 1.64. The fourth-order valence-corrected chi connectivity index (χ4v) is 4.72. The molecule has 2 aromatic rings. The number of hydrogen-bond donors (Lipinski definition) is 1. The van der Waals surface area contributed by atoms with Crippen LogP contribution in [0.3, 0.4) is 0 Å². The molecule has 5 nitrogen and oxygen atoms in total. The number of methoxy groups -OCH3 is 1. The van der Waals surface area contributed by atoms with Crippen molar-refractivity contribution in [1.29, 1.82) is 0 Å². The van der Waals surface area contributed by atoms with Gasteiger partial charge in [0.05, 0.1) is 7.11 Å². The largest absolute Gasteiger partial charge is 0.497 e. The van der Waals surface area contributed by atoms with Crippen LogP contribution in [-0.4, -0.2) is 30.0 Å². The van der Waals surface area contributed by atoms with E-state index in [1.807, 2.05) is 31.2 Å². The van der Waals surface area contributed by atoms with Gasteiger partial charge in [-0.05, 0) is 68.2 Å². The second kappa shape index (κ2) is 8.44. The predicted molar refractivity (Wildman–Crippen MR) is 111 cm³/mol. The minimum absolute atomic E-state index is 0.00697. The maximum Gasteiger partial charge on any atom is 0.355 e. The van der Waals surface area contributed by atoms with Crippen LogP contribution in [0.15, 0.2) is 24.3 Å². The van der Waals surface area contributed by atoms with E-state index in [0.29, 0.717) is 24.1 Å².